The van der Waals surface area contributed by atoms with Crippen molar-refractivity contribution >= 4 is 5.91 Å². The molecule has 1 spiro atoms. The van der Waals surface area contributed by atoms with Crippen molar-refractivity contribution in [3.05, 3.63) is 96.1 Å². The minimum Gasteiger partial charge on any atom is -0.457 e. The van der Waals surface area contributed by atoms with Gasteiger partial charge in [-0.05, 0) is 54.8 Å². The van der Waals surface area contributed by atoms with E-state index in [1.807, 2.05) is 54.6 Å². The van der Waals surface area contributed by atoms with Gasteiger partial charge in [0, 0.05) is 31.7 Å². The van der Waals surface area contributed by atoms with E-state index in [9.17, 15) is 4.79 Å². The number of para-hydroxylation sites is 1. The number of amides is 1. The fraction of sp³-hybridized carbons (Fsp3) is 0.321. The van der Waals surface area contributed by atoms with Crippen LogP contribution in [0.5, 0.6) is 11.5 Å². The predicted octanol–water partition coefficient (Wildman–Crippen LogP) is 4.99. The zero-order valence-electron chi connectivity index (χ0n) is 18.9. The maximum atomic E-state index is 13.5. The summed E-state index contributed by atoms with van der Waals surface area (Å²) in [6.45, 7) is 4.73. The van der Waals surface area contributed by atoms with E-state index in [0.717, 1.165) is 44.0 Å². The molecule has 5 rings (SSSR count). The van der Waals surface area contributed by atoms with E-state index in [2.05, 4.69) is 40.1 Å². The van der Waals surface area contributed by atoms with Crippen LogP contribution in [-0.2, 0) is 11.3 Å². The Balaban J connectivity index is 1.25. The standard InChI is InChI=1S/C28H30N2O3/c31-27(24-11-13-26(14-12-24)33-25-9-5-2-6-10-25)30-19-20-32-22-28(30)15-17-29(18-16-28)21-23-7-3-1-4-8-23/h1-14H,15-22H2. The van der Waals surface area contributed by atoms with Gasteiger partial charge < -0.3 is 14.4 Å². The maximum absolute atomic E-state index is 13.5. The molecule has 0 bridgehead atoms. The molecule has 0 saturated carbocycles. The van der Waals surface area contributed by atoms with Crippen molar-refractivity contribution in [2.75, 3.05) is 32.8 Å². The molecule has 0 aromatic heterocycles. The summed E-state index contributed by atoms with van der Waals surface area (Å²) >= 11 is 0. The smallest absolute Gasteiger partial charge is 0.254 e. The highest BCUT2D eigenvalue weighted by molar-refractivity contribution is 5.95. The second kappa shape index (κ2) is 9.77. The summed E-state index contributed by atoms with van der Waals surface area (Å²) in [7, 11) is 0. The molecule has 2 heterocycles. The molecule has 1 amide bonds. The van der Waals surface area contributed by atoms with Crippen molar-refractivity contribution in [2.24, 2.45) is 0 Å². The molecule has 170 valence electrons. The van der Waals surface area contributed by atoms with Crippen molar-refractivity contribution in [1.29, 1.82) is 0 Å². The Hall–Kier alpha value is -3.15. The van der Waals surface area contributed by atoms with E-state index < -0.39 is 0 Å². The lowest BCUT2D eigenvalue weighted by Gasteiger charge is -2.51. The number of likely N-dealkylation sites (tertiary alicyclic amines) is 1. The highest BCUT2D eigenvalue weighted by atomic mass is 16.5. The highest BCUT2D eigenvalue weighted by Crippen LogP contribution is 2.34. The summed E-state index contributed by atoms with van der Waals surface area (Å²) in [5.41, 5.74) is 1.81. The topological polar surface area (TPSA) is 42.0 Å². The lowest BCUT2D eigenvalue weighted by molar-refractivity contribution is -0.0784. The van der Waals surface area contributed by atoms with Crippen LogP contribution >= 0.6 is 0 Å². The number of hydrogen-bond donors (Lipinski definition) is 0. The van der Waals surface area contributed by atoms with Crippen molar-refractivity contribution in [2.45, 2.75) is 24.9 Å². The molecule has 3 aromatic rings. The number of nitrogens with zero attached hydrogens (tertiary/aromatic N) is 2. The average molecular weight is 443 g/mol. The number of rotatable bonds is 5. The zero-order valence-corrected chi connectivity index (χ0v) is 18.9. The molecule has 33 heavy (non-hydrogen) atoms. The van der Waals surface area contributed by atoms with Crippen LogP contribution in [0.3, 0.4) is 0 Å². The minimum absolute atomic E-state index is 0.0843. The summed E-state index contributed by atoms with van der Waals surface area (Å²) in [5, 5.41) is 0. The van der Waals surface area contributed by atoms with Crippen molar-refractivity contribution in [3.8, 4) is 11.5 Å². The monoisotopic (exact) mass is 442 g/mol. The van der Waals surface area contributed by atoms with Gasteiger partial charge in [0.2, 0.25) is 0 Å². The van der Waals surface area contributed by atoms with E-state index in [-0.39, 0.29) is 11.4 Å². The minimum atomic E-state index is -0.221. The first-order chi connectivity index (χ1) is 16.2. The molecule has 5 heteroatoms. The number of carbonyl (C=O) groups is 1. The highest BCUT2D eigenvalue weighted by Gasteiger charge is 2.44. The third-order valence-electron chi connectivity index (χ3n) is 6.76. The molecule has 2 aliphatic rings. The Morgan fingerprint density at radius 2 is 1.45 bits per heavy atom. The first-order valence-electron chi connectivity index (χ1n) is 11.7. The van der Waals surface area contributed by atoms with Gasteiger partial charge in [-0.25, -0.2) is 0 Å². The fourth-order valence-corrected chi connectivity index (χ4v) is 4.88. The van der Waals surface area contributed by atoms with E-state index in [0.29, 0.717) is 25.3 Å². The summed E-state index contributed by atoms with van der Waals surface area (Å²) in [6, 6.07) is 27.7. The first-order valence-corrected chi connectivity index (χ1v) is 11.7. The van der Waals surface area contributed by atoms with Gasteiger partial charge in [-0.2, -0.15) is 0 Å². The molecule has 3 aromatic carbocycles. The molecular weight excluding hydrogens is 412 g/mol. The van der Waals surface area contributed by atoms with Crippen molar-refractivity contribution < 1.29 is 14.3 Å². The normalized spacial score (nSPS) is 18.2. The Morgan fingerprint density at radius 1 is 0.818 bits per heavy atom. The van der Waals surface area contributed by atoms with E-state index in [4.69, 9.17) is 9.47 Å². The Kier molecular flexibility index (Phi) is 6.42. The van der Waals surface area contributed by atoms with Crippen LogP contribution in [0.15, 0.2) is 84.9 Å². The third-order valence-corrected chi connectivity index (χ3v) is 6.76. The van der Waals surface area contributed by atoms with Crippen molar-refractivity contribution in [3.63, 3.8) is 0 Å². The van der Waals surface area contributed by atoms with Crippen LogP contribution in [0.2, 0.25) is 0 Å². The number of piperidine rings is 1. The van der Waals surface area contributed by atoms with E-state index >= 15 is 0 Å². The molecule has 0 aliphatic carbocycles. The zero-order chi connectivity index (χ0) is 22.5. The van der Waals surface area contributed by atoms with Gasteiger partial charge in [0.25, 0.3) is 5.91 Å². The summed E-state index contributed by atoms with van der Waals surface area (Å²) in [6.07, 6.45) is 1.86. The summed E-state index contributed by atoms with van der Waals surface area (Å²) in [4.78, 5) is 18.1. The fourth-order valence-electron chi connectivity index (χ4n) is 4.88. The second-order valence-corrected chi connectivity index (χ2v) is 8.93. The SMILES string of the molecule is O=C(c1ccc(Oc2ccccc2)cc1)N1CCOCC12CCN(Cc1ccccc1)CC2. The molecular formula is C28H30N2O3. The molecule has 2 fully saturated rings. The predicted molar refractivity (Wildman–Crippen MR) is 128 cm³/mol. The maximum Gasteiger partial charge on any atom is 0.254 e. The third kappa shape index (κ3) is 4.95. The number of benzene rings is 3. The lowest BCUT2D eigenvalue weighted by atomic mass is 9.84. The van der Waals surface area contributed by atoms with Gasteiger partial charge in [0.05, 0.1) is 18.8 Å². The quantitative estimate of drug-likeness (QED) is 0.559. The largest absolute Gasteiger partial charge is 0.457 e. The lowest BCUT2D eigenvalue weighted by Crippen LogP contribution is -2.63. The van der Waals surface area contributed by atoms with Gasteiger partial charge >= 0.3 is 0 Å². The van der Waals surface area contributed by atoms with Gasteiger partial charge in [-0.3, -0.25) is 9.69 Å². The molecule has 0 atom stereocenters. The van der Waals surface area contributed by atoms with Crippen LogP contribution in [0.1, 0.15) is 28.8 Å². The molecule has 0 N–H and O–H groups in total. The number of hydrogen-bond acceptors (Lipinski definition) is 4. The van der Waals surface area contributed by atoms with Crippen LogP contribution < -0.4 is 4.74 Å². The summed E-state index contributed by atoms with van der Waals surface area (Å²) in [5.74, 6) is 1.59. The van der Waals surface area contributed by atoms with Gasteiger partial charge in [-0.1, -0.05) is 48.5 Å². The van der Waals surface area contributed by atoms with Gasteiger partial charge in [0.15, 0.2) is 0 Å². The molecule has 0 radical (unpaired) electrons. The number of ether oxygens (including phenoxy) is 2. The van der Waals surface area contributed by atoms with E-state index in [1.165, 1.54) is 5.56 Å². The Labute approximate surface area is 195 Å². The van der Waals surface area contributed by atoms with E-state index in [1.54, 1.807) is 0 Å². The van der Waals surface area contributed by atoms with Crippen LogP contribution in [0, 0.1) is 0 Å². The molecule has 0 unspecified atom stereocenters. The average Bonchev–Trinajstić information content (AvgIpc) is 2.87. The number of carbonyl (C=O) groups excluding carboxylic acids is 1. The first kappa shape index (κ1) is 21.7. The van der Waals surface area contributed by atoms with Crippen LogP contribution in [0.25, 0.3) is 0 Å². The summed E-state index contributed by atoms with van der Waals surface area (Å²) < 4.78 is 11.8. The molecule has 5 nitrogen and oxygen atoms in total. The second-order valence-electron chi connectivity index (χ2n) is 8.93. The van der Waals surface area contributed by atoms with Gasteiger partial charge in [-0.15, -0.1) is 0 Å². The molecule has 2 aliphatic heterocycles. The van der Waals surface area contributed by atoms with Crippen LogP contribution in [-0.4, -0.2) is 54.1 Å². The Bertz CT molecular complexity index is 1050. The van der Waals surface area contributed by atoms with Crippen molar-refractivity contribution in [1.82, 2.24) is 9.80 Å². The Morgan fingerprint density at radius 3 is 2.15 bits per heavy atom. The molecule has 2 saturated heterocycles. The van der Waals surface area contributed by atoms with Crippen LogP contribution in [0.4, 0.5) is 0 Å². The number of morpholine rings is 1. The van der Waals surface area contributed by atoms with Gasteiger partial charge in [0.1, 0.15) is 11.5 Å².